The molecule has 3 rings (SSSR count). The van der Waals surface area contributed by atoms with Gasteiger partial charge in [0.05, 0.1) is 0 Å². The van der Waals surface area contributed by atoms with Crippen molar-refractivity contribution in [1.82, 2.24) is 20.3 Å². The summed E-state index contributed by atoms with van der Waals surface area (Å²) < 4.78 is 37.0. The topological polar surface area (TPSA) is 104 Å². The number of hydrogen-bond acceptors (Lipinski definition) is 7. The Labute approximate surface area is 180 Å². The van der Waals surface area contributed by atoms with E-state index in [-0.39, 0.29) is 16.7 Å². The van der Waals surface area contributed by atoms with Crippen LogP contribution < -0.4 is 21.3 Å². The lowest BCUT2D eigenvalue weighted by Crippen LogP contribution is -2.32. The Morgan fingerprint density at radius 2 is 1.71 bits per heavy atom. The summed E-state index contributed by atoms with van der Waals surface area (Å²) in [5.74, 6) is 1.78. The van der Waals surface area contributed by atoms with Crippen molar-refractivity contribution >= 4 is 40.9 Å². The largest absolute Gasteiger partial charge is 0.446 e. The number of amides is 2. The van der Waals surface area contributed by atoms with Crippen LogP contribution in [0.1, 0.15) is 0 Å². The maximum atomic E-state index is 12.3. The van der Waals surface area contributed by atoms with Crippen molar-refractivity contribution in [1.29, 1.82) is 0 Å². The Morgan fingerprint density at radius 1 is 0.935 bits per heavy atom. The van der Waals surface area contributed by atoms with Gasteiger partial charge in [-0.05, 0) is 48.2 Å². The van der Waals surface area contributed by atoms with Gasteiger partial charge in [-0.1, -0.05) is 6.07 Å². The summed E-state index contributed by atoms with van der Waals surface area (Å²) in [6.07, 6.45) is 3.06. The number of anilines is 4. The third-order valence-electron chi connectivity index (χ3n) is 3.65. The summed E-state index contributed by atoms with van der Waals surface area (Å²) in [5.41, 5.74) is -3.96. The number of pyridine rings is 1. The Bertz CT molecular complexity index is 988. The molecule has 0 atom stereocenters. The Balaban J connectivity index is 1.39. The molecule has 8 nitrogen and oxygen atoms in total. The summed E-state index contributed by atoms with van der Waals surface area (Å²) >= 11 is -0.211. The molecule has 0 aliphatic carbocycles. The molecule has 2 heterocycles. The van der Waals surface area contributed by atoms with Crippen molar-refractivity contribution in [3.8, 4) is 0 Å². The van der Waals surface area contributed by atoms with E-state index in [2.05, 4.69) is 36.2 Å². The summed E-state index contributed by atoms with van der Waals surface area (Å²) in [6.45, 7) is 0.690. The van der Waals surface area contributed by atoms with E-state index in [1.54, 1.807) is 18.3 Å². The lowest BCUT2D eigenvalue weighted by atomic mass is 10.3. The molecular weight excluding hydrogens is 431 g/mol. The van der Waals surface area contributed by atoms with Crippen molar-refractivity contribution in [2.24, 2.45) is 0 Å². The zero-order valence-corrected chi connectivity index (χ0v) is 16.8. The number of alkyl halides is 3. The second kappa shape index (κ2) is 10.5. The fourth-order valence-corrected chi connectivity index (χ4v) is 2.91. The number of nitrogens with one attached hydrogen (secondary N) is 4. The number of benzene rings is 1. The number of rotatable bonds is 8. The first-order valence-corrected chi connectivity index (χ1v) is 9.84. The summed E-state index contributed by atoms with van der Waals surface area (Å²) in [7, 11) is 0. The van der Waals surface area contributed by atoms with E-state index in [9.17, 15) is 18.0 Å². The second-order valence-electron chi connectivity index (χ2n) is 6.01. The van der Waals surface area contributed by atoms with Crippen molar-refractivity contribution in [2.45, 2.75) is 10.4 Å². The van der Waals surface area contributed by atoms with E-state index >= 15 is 0 Å². The fourth-order valence-electron chi connectivity index (χ4n) is 2.37. The molecule has 4 N–H and O–H groups in total. The van der Waals surface area contributed by atoms with Crippen LogP contribution in [0.15, 0.2) is 66.0 Å². The minimum atomic E-state index is -4.35. The summed E-state index contributed by atoms with van der Waals surface area (Å²) in [5, 5.41) is 11.3. The fraction of sp³-hybridized carbons (Fsp3) is 0.158. The predicted octanol–water partition coefficient (Wildman–Crippen LogP) is 4.46. The third-order valence-corrected chi connectivity index (χ3v) is 4.39. The first kappa shape index (κ1) is 22.2. The van der Waals surface area contributed by atoms with Crippen molar-refractivity contribution in [3.63, 3.8) is 0 Å². The summed E-state index contributed by atoms with van der Waals surface area (Å²) in [4.78, 5) is 24.3. The molecule has 31 heavy (non-hydrogen) atoms. The van der Waals surface area contributed by atoms with E-state index in [1.807, 2.05) is 12.1 Å². The molecular formula is C19H18F3N7OS. The quantitative estimate of drug-likeness (QED) is 0.297. The molecule has 3 aromatic rings. The van der Waals surface area contributed by atoms with Crippen LogP contribution in [-0.4, -0.2) is 39.6 Å². The Morgan fingerprint density at radius 3 is 2.42 bits per heavy atom. The Kier molecular flexibility index (Phi) is 7.49. The molecule has 0 fully saturated rings. The molecule has 2 aromatic heterocycles. The highest BCUT2D eigenvalue weighted by atomic mass is 32.2. The average Bonchev–Trinajstić information content (AvgIpc) is 2.73. The highest BCUT2D eigenvalue weighted by molar-refractivity contribution is 8.00. The lowest BCUT2D eigenvalue weighted by molar-refractivity contribution is -0.0328. The van der Waals surface area contributed by atoms with Gasteiger partial charge in [-0.15, -0.1) is 0 Å². The molecule has 0 saturated carbocycles. The Hall–Kier alpha value is -3.54. The van der Waals surface area contributed by atoms with Crippen molar-refractivity contribution in [2.75, 3.05) is 29.0 Å². The molecule has 0 aliphatic rings. The molecule has 0 spiro atoms. The molecule has 162 valence electrons. The minimum absolute atomic E-state index is 0.0458. The lowest BCUT2D eigenvalue weighted by Gasteiger charge is -2.10. The van der Waals surface area contributed by atoms with Gasteiger partial charge in [0.25, 0.3) is 0 Å². The molecule has 1 aromatic carbocycles. The highest BCUT2D eigenvalue weighted by Crippen LogP contribution is 2.37. The molecule has 0 aliphatic heterocycles. The number of urea groups is 1. The first-order valence-electron chi connectivity index (χ1n) is 9.02. The monoisotopic (exact) mass is 449 g/mol. The van der Waals surface area contributed by atoms with Gasteiger partial charge in [-0.2, -0.15) is 13.2 Å². The maximum Gasteiger partial charge on any atom is 0.446 e. The normalized spacial score (nSPS) is 10.9. The van der Waals surface area contributed by atoms with Crippen LogP contribution in [-0.2, 0) is 0 Å². The maximum absolute atomic E-state index is 12.3. The van der Waals surface area contributed by atoms with Gasteiger partial charge in [-0.25, -0.2) is 19.7 Å². The number of halogens is 3. The zero-order chi connectivity index (χ0) is 22.1. The van der Waals surface area contributed by atoms with Crippen molar-refractivity contribution in [3.05, 3.63) is 61.1 Å². The zero-order valence-electron chi connectivity index (χ0n) is 16.0. The number of carbonyl (C=O) groups excluding carboxylic acids is 1. The number of aromatic nitrogens is 3. The minimum Gasteiger partial charge on any atom is -0.368 e. The van der Waals surface area contributed by atoms with Crippen LogP contribution in [0, 0.1) is 0 Å². The van der Waals surface area contributed by atoms with E-state index in [0.717, 1.165) is 0 Å². The van der Waals surface area contributed by atoms with E-state index in [0.29, 0.717) is 36.2 Å². The number of carbonyl (C=O) groups is 1. The number of thioether (sulfide) groups is 1. The molecule has 2 amide bonds. The van der Waals surface area contributed by atoms with E-state index in [4.69, 9.17) is 0 Å². The number of hydrogen-bond donors (Lipinski definition) is 4. The highest BCUT2D eigenvalue weighted by Gasteiger charge is 2.29. The van der Waals surface area contributed by atoms with Crippen LogP contribution >= 0.6 is 11.8 Å². The van der Waals surface area contributed by atoms with Gasteiger partial charge < -0.3 is 21.3 Å². The molecule has 0 radical (unpaired) electrons. The average molecular weight is 449 g/mol. The molecule has 12 heteroatoms. The van der Waals surface area contributed by atoms with Gasteiger partial charge in [0.1, 0.15) is 23.8 Å². The SMILES string of the molecule is O=C(NCCNc1cc(Nc2ccccn2)ncn1)Nc1ccc(SC(F)(F)F)cc1. The van der Waals surface area contributed by atoms with Gasteiger partial charge >= 0.3 is 11.5 Å². The number of nitrogens with zero attached hydrogens (tertiary/aromatic N) is 3. The summed E-state index contributed by atoms with van der Waals surface area (Å²) in [6, 6.07) is 12.1. The van der Waals surface area contributed by atoms with Gasteiger partial charge in [0.15, 0.2) is 0 Å². The smallest absolute Gasteiger partial charge is 0.368 e. The van der Waals surface area contributed by atoms with Crippen LogP contribution in [0.3, 0.4) is 0 Å². The van der Waals surface area contributed by atoms with Gasteiger partial charge in [0, 0.05) is 35.9 Å². The van der Waals surface area contributed by atoms with Gasteiger partial charge in [0.2, 0.25) is 0 Å². The molecule has 0 bridgehead atoms. The standard InChI is InChI=1S/C19H18F3N7OS/c20-19(21,22)31-14-6-4-13(5-7-14)28-18(30)25-10-9-24-16-11-17(27-12-26-16)29-15-3-1-2-8-23-15/h1-8,11-12H,9-10H2,(H2,25,28,30)(H2,23,24,26,27,29). The third kappa shape index (κ3) is 8.01. The van der Waals surface area contributed by atoms with Crippen LogP contribution in [0.5, 0.6) is 0 Å². The van der Waals surface area contributed by atoms with Crippen LogP contribution in [0.2, 0.25) is 0 Å². The molecule has 0 saturated heterocycles. The van der Waals surface area contributed by atoms with Gasteiger partial charge in [-0.3, -0.25) is 0 Å². The molecule has 0 unspecified atom stereocenters. The second-order valence-corrected chi connectivity index (χ2v) is 7.15. The van der Waals surface area contributed by atoms with Crippen molar-refractivity contribution < 1.29 is 18.0 Å². The van der Waals surface area contributed by atoms with E-state index in [1.165, 1.54) is 30.6 Å². The van der Waals surface area contributed by atoms with Crippen LogP contribution in [0.4, 0.5) is 41.1 Å². The predicted molar refractivity (Wildman–Crippen MR) is 113 cm³/mol. The van der Waals surface area contributed by atoms with E-state index < -0.39 is 11.5 Å². The first-order chi connectivity index (χ1) is 14.9. The van der Waals surface area contributed by atoms with Crippen LogP contribution in [0.25, 0.3) is 0 Å².